The van der Waals surface area contributed by atoms with Crippen molar-refractivity contribution >= 4 is 32.6 Å². The highest BCUT2D eigenvalue weighted by molar-refractivity contribution is 6.19. The summed E-state index contributed by atoms with van der Waals surface area (Å²) in [5.41, 5.74) is 15.3. The maximum Gasteiger partial charge on any atom is 0.0619 e. The number of hydrogen-bond donors (Lipinski definition) is 0. The average Bonchev–Trinajstić information content (AvgIpc) is 4.01. The van der Waals surface area contributed by atoms with Crippen molar-refractivity contribution in [3.8, 4) is 39.1 Å². The topological polar surface area (TPSA) is 4.93 Å². The van der Waals surface area contributed by atoms with E-state index >= 15 is 0 Å². The SMILES string of the molecule is c1ccc(-c2ccc(-n3c4ccc(-c5ccc6c(c5)-c5ccccc5C65C6CC7CC6CC75)cc4c4ccc5ccccc5c43)cc2)cc1. The van der Waals surface area contributed by atoms with Crippen molar-refractivity contribution in [1.82, 2.24) is 4.57 Å². The number of benzene rings is 7. The van der Waals surface area contributed by atoms with Gasteiger partial charge >= 0.3 is 0 Å². The molecule has 5 aliphatic carbocycles. The van der Waals surface area contributed by atoms with Crippen LogP contribution in [-0.4, -0.2) is 4.57 Å². The lowest BCUT2D eigenvalue weighted by Gasteiger charge is -2.36. The monoisotopic (exact) mass is 625 g/mol. The van der Waals surface area contributed by atoms with E-state index in [1.807, 2.05) is 0 Å². The van der Waals surface area contributed by atoms with Crippen molar-refractivity contribution in [2.24, 2.45) is 23.7 Å². The minimum atomic E-state index is 0.256. The molecule has 1 nitrogen and oxygen atoms in total. The molecule has 0 radical (unpaired) electrons. The number of rotatable bonds is 3. The lowest BCUT2D eigenvalue weighted by molar-refractivity contribution is 0.307. The third kappa shape index (κ3) is 3.31. The van der Waals surface area contributed by atoms with Gasteiger partial charge in [-0.2, -0.15) is 0 Å². The van der Waals surface area contributed by atoms with Crippen molar-refractivity contribution in [3.05, 3.63) is 163 Å². The smallest absolute Gasteiger partial charge is 0.0619 e. The highest BCUT2D eigenvalue weighted by atomic mass is 15.0. The van der Waals surface area contributed by atoms with Gasteiger partial charge in [0.2, 0.25) is 0 Å². The molecule has 4 bridgehead atoms. The molecule has 5 aliphatic rings. The first-order chi connectivity index (χ1) is 24.3. The zero-order valence-corrected chi connectivity index (χ0v) is 27.3. The van der Waals surface area contributed by atoms with Crippen LogP contribution in [-0.2, 0) is 5.41 Å². The van der Waals surface area contributed by atoms with E-state index in [9.17, 15) is 0 Å². The quantitative estimate of drug-likeness (QED) is 0.184. The number of hydrogen-bond acceptors (Lipinski definition) is 0. The van der Waals surface area contributed by atoms with Crippen LogP contribution >= 0.6 is 0 Å². The number of fused-ring (bicyclic) bond motifs is 8. The Morgan fingerprint density at radius 2 is 1.12 bits per heavy atom. The largest absolute Gasteiger partial charge is 0.309 e. The third-order valence-electron chi connectivity index (χ3n) is 13.4. The second-order valence-corrected chi connectivity index (χ2v) is 15.3. The van der Waals surface area contributed by atoms with Gasteiger partial charge in [0, 0.05) is 27.3 Å². The van der Waals surface area contributed by atoms with Gasteiger partial charge in [0.05, 0.1) is 11.0 Å². The molecule has 7 aromatic carbocycles. The highest BCUT2D eigenvalue weighted by Gasteiger charge is 2.70. The highest BCUT2D eigenvalue weighted by Crippen LogP contribution is 2.76. The zero-order chi connectivity index (χ0) is 31.8. The Bertz CT molecular complexity index is 2640. The Morgan fingerprint density at radius 3 is 1.96 bits per heavy atom. The standard InChI is InChI=1S/C48H35N/c1-2-8-29(9-3-1)30-14-19-36(20-15-30)49-46-23-18-33(26-41(46)39-21-16-31-10-4-5-11-37(31)47(39)49)32-17-22-43-40(25-32)38-12-6-7-13-42(38)48(43)44-27-34-24-35(44)28-45(34)48/h1-23,25-26,34-35,44-45H,24,27-28H2. The van der Waals surface area contributed by atoms with E-state index in [1.54, 1.807) is 11.1 Å². The van der Waals surface area contributed by atoms with Crippen LogP contribution in [0.15, 0.2) is 152 Å². The first-order valence-electron chi connectivity index (χ1n) is 18.1. The lowest BCUT2D eigenvalue weighted by Crippen LogP contribution is -2.34. The van der Waals surface area contributed by atoms with Crippen LogP contribution < -0.4 is 0 Å². The first-order valence-corrected chi connectivity index (χ1v) is 18.1. The van der Waals surface area contributed by atoms with Crippen molar-refractivity contribution in [2.45, 2.75) is 24.7 Å². The van der Waals surface area contributed by atoms with Crippen LogP contribution in [0.2, 0.25) is 0 Å². The Hall–Kier alpha value is -5.40. The van der Waals surface area contributed by atoms with Gasteiger partial charge in [0.15, 0.2) is 0 Å². The maximum absolute atomic E-state index is 2.54. The molecule has 13 rings (SSSR count). The predicted octanol–water partition coefficient (Wildman–Crippen LogP) is 12.2. The van der Waals surface area contributed by atoms with Crippen molar-refractivity contribution in [1.29, 1.82) is 0 Å². The summed E-state index contributed by atoms with van der Waals surface area (Å²) in [5, 5.41) is 5.16. The molecule has 0 saturated heterocycles. The Morgan fingerprint density at radius 1 is 0.449 bits per heavy atom. The molecule has 0 aliphatic heterocycles. The summed E-state index contributed by atoms with van der Waals surface area (Å²) in [5.74, 6) is 3.52. The fourth-order valence-electron chi connectivity index (χ4n) is 11.7. The summed E-state index contributed by atoms with van der Waals surface area (Å²) < 4.78 is 2.48. The Balaban J connectivity index is 1.05. The van der Waals surface area contributed by atoms with Gasteiger partial charge in [-0.15, -0.1) is 0 Å². The van der Waals surface area contributed by atoms with Gasteiger partial charge in [0.1, 0.15) is 0 Å². The van der Waals surface area contributed by atoms with Crippen LogP contribution in [0.3, 0.4) is 0 Å². The normalized spacial score (nSPS) is 24.2. The lowest BCUT2D eigenvalue weighted by atomic mass is 9.66. The molecule has 8 aromatic rings. The second kappa shape index (κ2) is 9.39. The van der Waals surface area contributed by atoms with Crippen molar-refractivity contribution < 1.29 is 0 Å². The summed E-state index contributed by atoms with van der Waals surface area (Å²) in [6, 6.07) is 57.3. The molecule has 0 N–H and O–H groups in total. The summed E-state index contributed by atoms with van der Waals surface area (Å²) >= 11 is 0. The van der Waals surface area contributed by atoms with Crippen molar-refractivity contribution in [3.63, 3.8) is 0 Å². The van der Waals surface area contributed by atoms with Gasteiger partial charge in [-0.05, 0) is 123 Å². The van der Waals surface area contributed by atoms with Gasteiger partial charge < -0.3 is 4.57 Å². The van der Waals surface area contributed by atoms with E-state index in [1.165, 1.54) is 90.9 Å². The minimum absolute atomic E-state index is 0.256. The van der Waals surface area contributed by atoms with E-state index < -0.39 is 0 Å². The van der Waals surface area contributed by atoms with E-state index in [0.717, 1.165) is 23.7 Å². The first kappa shape index (κ1) is 26.5. The van der Waals surface area contributed by atoms with Crippen LogP contribution in [0.1, 0.15) is 30.4 Å². The molecule has 1 heteroatoms. The maximum atomic E-state index is 2.54. The molecular weight excluding hydrogens is 591 g/mol. The molecular formula is C48H35N. The van der Waals surface area contributed by atoms with Crippen molar-refractivity contribution in [2.75, 3.05) is 0 Å². The van der Waals surface area contributed by atoms with E-state index in [0.29, 0.717) is 0 Å². The molecule has 4 saturated carbocycles. The summed E-state index contributed by atoms with van der Waals surface area (Å²) in [4.78, 5) is 0. The summed E-state index contributed by atoms with van der Waals surface area (Å²) in [6.07, 6.45) is 4.36. The minimum Gasteiger partial charge on any atom is -0.309 e. The fraction of sp³-hybridized carbons (Fsp3) is 0.167. The Labute approximate surface area is 286 Å². The molecule has 4 unspecified atom stereocenters. The van der Waals surface area contributed by atoms with Gasteiger partial charge in [0.25, 0.3) is 0 Å². The molecule has 1 aromatic heterocycles. The van der Waals surface area contributed by atoms with Crippen LogP contribution in [0, 0.1) is 23.7 Å². The van der Waals surface area contributed by atoms with Crippen LogP contribution in [0.25, 0.3) is 71.6 Å². The second-order valence-electron chi connectivity index (χ2n) is 15.3. The number of aromatic nitrogens is 1. The van der Waals surface area contributed by atoms with E-state index in [2.05, 4.69) is 156 Å². The molecule has 4 atom stereocenters. The van der Waals surface area contributed by atoms with Crippen LogP contribution in [0.4, 0.5) is 0 Å². The zero-order valence-electron chi connectivity index (χ0n) is 27.3. The molecule has 4 fully saturated rings. The molecule has 49 heavy (non-hydrogen) atoms. The predicted molar refractivity (Wildman–Crippen MR) is 203 cm³/mol. The van der Waals surface area contributed by atoms with Gasteiger partial charge in [-0.1, -0.05) is 121 Å². The van der Waals surface area contributed by atoms with Gasteiger partial charge in [-0.25, -0.2) is 0 Å². The van der Waals surface area contributed by atoms with Crippen LogP contribution in [0.5, 0.6) is 0 Å². The summed E-state index contributed by atoms with van der Waals surface area (Å²) in [7, 11) is 0. The Kier molecular flexibility index (Phi) is 5.09. The molecule has 0 amide bonds. The summed E-state index contributed by atoms with van der Waals surface area (Å²) in [6.45, 7) is 0. The van der Waals surface area contributed by atoms with E-state index in [4.69, 9.17) is 0 Å². The molecule has 232 valence electrons. The van der Waals surface area contributed by atoms with E-state index in [-0.39, 0.29) is 5.41 Å². The van der Waals surface area contributed by atoms with Gasteiger partial charge in [-0.3, -0.25) is 0 Å². The fourth-order valence-corrected chi connectivity index (χ4v) is 11.7. The molecule has 1 spiro atoms. The number of nitrogens with zero attached hydrogens (tertiary/aromatic N) is 1. The third-order valence-corrected chi connectivity index (χ3v) is 13.4. The average molecular weight is 626 g/mol. The molecule has 1 heterocycles.